The third-order valence-electron chi connectivity index (χ3n) is 3.98. The highest BCUT2D eigenvalue weighted by atomic mass is 16.6. The molecule has 8 nitrogen and oxygen atoms in total. The number of ether oxygens (including phenoxy) is 1. The first-order chi connectivity index (χ1) is 13.0. The molecule has 0 aliphatic carbocycles. The minimum absolute atomic E-state index is 0.0411. The van der Waals surface area contributed by atoms with Gasteiger partial charge in [-0.1, -0.05) is 35.5 Å². The predicted molar refractivity (Wildman–Crippen MR) is 98.3 cm³/mol. The number of carbonyl (C=O) groups excluding carboxylic acids is 1. The van der Waals surface area contributed by atoms with E-state index in [1.54, 1.807) is 13.8 Å². The molecule has 2 aromatic carbocycles. The molecule has 0 aliphatic rings. The number of nitro benzene ring substituents is 1. The largest absolute Gasteiger partial charge is 0.441 e. The second-order valence-electron chi connectivity index (χ2n) is 5.86. The van der Waals surface area contributed by atoms with Crippen molar-refractivity contribution in [2.45, 2.75) is 20.0 Å². The normalized spacial score (nSPS) is 11.6. The summed E-state index contributed by atoms with van der Waals surface area (Å²) >= 11 is 0. The van der Waals surface area contributed by atoms with Crippen molar-refractivity contribution in [3.63, 3.8) is 0 Å². The zero-order chi connectivity index (χ0) is 19.4. The van der Waals surface area contributed by atoms with Crippen LogP contribution in [0.15, 0.2) is 59.1 Å². The van der Waals surface area contributed by atoms with Crippen LogP contribution in [0.3, 0.4) is 0 Å². The van der Waals surface area contributed by atoms with Crippen LogP contribution in [0.25, 0.3) is 11.3 Å². The van der Waals surface area contributed by atoms with Gasteiger partial charge < -0.3 is 9.26 Å². The molecule has 0 aliphatic heterocycles. The fourth-order valence-corrected chi connectivity index (χ4v) is 2.53. The molecule has 3 rings (SSSR count). The van der Waals surface area contributed by atoms with Crippen molar-refractivity contribution in [3.05, 3.63) is 76.0 Å². The summed E-state index contributed by atoms with van der Waals surface area (Å²) in [6.07, 6.45) is -1.09. The Bertz CT molecular complexity index is 951. The van der Waals surface area contributed by atoms with E-state index in [1.807, 2.05) is 30.3 Å². The number of hydrogen-bond donors (Lipinski definition) is 1. The fourth-order valence-electron chi connectivity index (χ4n) is 2.53. The Hall–Kier alpha value is -3.68. The fraction of sp³-hybridized carbons (Fsp3) is 0.158. The maximum absolute atomic E-state index is 12.3. The molecule has 1 aromatic heterocycles. The van der Waals surface area contributed by atoms with Crippen LogP contribution in [-0.2, 0) is 4.74 Å². The third-order valence-corrected chi connectivity index (χ3v) is 3.98. The predicted octanol–water partition coefficient (Wildman–Crippen LogP) is 4.87. The number of amides is 1. The molecule has 0 fully saturated rings. The van der Waals surface area contributed by atoms with Crippen LogP contribution in [-0.4, -0.2) is 16.2 Å². The van der Waals surface area contributed by atoms with E-state index in [2.05, 4.69) is 10.5 Å². The number of carbonyl (C=O) groups is 1. The average Bonchev–Trinajstić information content (AvgIpc) is 3.03. The lowest BCUT2D eigenvalue weighted by Crippen LogP contribution is -2.16. The van der Waals surface area contributed by atoms with Crippen molar-refractivity contribution in [1.82, 2.24) is 5.16 Å². The molecule has 1 amide bonds. The Balaban J connectivity index is 1.76. The maximum atomic E-state index is 12.3. The monoisotopic (exact) mass is 367 g/mol. The van der Waals surface area contributed by atoms with E-state index < -0.39 is 17.1 Å². The number of nitrogens with one attached hydrogen (secondary N) is 1. The molecular weight excluding hydrogens is 350 g/mol. The molecule has 0 spiro atoms. The lowest BCUT2D eigenvalue weighted by Gasteiger charge is -2.14. The van der Waals surface area contributed by atoms with Gasteiger partial charge in [0.05, 0.1) is 4.92 Å². The topological polar surface area (TPSA) is 108 Å². The Morgan fingerprint density at radius 1 is 1.19 bits per heavy atom. The molecule has 0 bridgehead atoms. The molecule has 1 N–H and O–H groups in total. The van der Waals surface area contributed by atoms with E-state index in [9.17, 15) is 14.9 Å². The molecule has 0 saturated carbocycles. The van der Waals surface area contributed by atoms with Gasteiger partial charge in [-0.05, 0) is 31.5 Å². The van der Waals surface area contributed by atoms with Gasteiger partial charge in [-0.3, -0.25) is 15.4 Å². The first kappa shape index (κ1) is 18.1. The molecule has 0 radical (unpaired) electrons. The summed E-state index contributed by atoms with van der Waals surface area (Å²) in [5.74, 6) is 0.298. The highest BCUT2D eigenvalue weighted by Crippen LogP contribution is 2.32. The zero-order valence-electron chi connectivity index (χ0n) is 14.7. The molecule has 1 atom stereocenters. The molecule has 3 aromatic rings. The molecule has 1 heterocycles. The highest BCUT2D eigenvalue weighted by molar-refractivity contribution is 5.90. The molecular formula is C19H17N3O5. The van der Waals surface area contributed by atoms with Crippen LogP contribution in [0.2, 0.25) is 0 Å². The molecule has 138 valence electrons. The summed E-state index contributed by atoms with van der Waals surface area (Å²) in [4.78, 5) is 22.6. The molecule has 0 saturated heterocycles. The Kier molecular flexibility index (Phi) is 5.16. The maximum Gasteiger partial charge on any atom is 0.412 e. The lowest BCUT2D eigenvalue weighted by molar-refractivity contribution is -0.384. The first-order valence-electron chi connectivity index (χ1n) is 8.19. The van der Waals surface area contributed by atoms with E-state index in [0.717, 1.165) is 5.56 Å². The Labute approximate surface area is 154 Å². The summed E-state index contributed by atoms with van der Waals surface area (Å²) in [6.45, 7) is 3.45. The van der Waals surface area contributed by atoms with E-state index in [0.29, 0.717) is 22.7 Å². The number of aromatic nitrogens is 1. The zero-order valence-corrected chi connectivity index (χ0v) is 14.7. The summed E-state index contributed by atoms with van der Waals surface area (Å²) in [6, 6.07) is 15.1. The molecule has 27 heavy (non-hydrogen) atoms. The minimum Gasteiger partial charge on any atom is -0.441 e. The highest BCUT2D eigenvalue weighted by Gasteiger charge is 2.20. The van der Waals surface area contributed by atoms with Gasteiger partial charge in [0.2, 0.25) is 0 Å². The van der Waals surface area contributed by atoms with E-state index in [-0.39, 0.29) is 5.69 Å². The SMILES string of the molecule is Cc1noc(-c2ccc([N+](=O)[O-])cc2)c1NC(=O)O[C@H](C)c1ccccc1. The van der Waals surface area contributed by atoms with Crippen LogP contribution in [0.5, 0.6) is 0 Å². The summed E-state index contributed by atoms with van der Waals surface area (Å²) in [7, 11) is 0. The van der Waals surface area contributed by atoms with E-state index >= 15 is 0 Å². The summed E-state index contributed by atoms with van der Waals surface area (Å²) in [5.41, 5.74) is 2.19. The third kappa shape index (κ3) is 4.12. The van der Waals surface area contributed by atoms with Crippen LogP contribution in [0.1, 0.15) is 24.3 Å². The van der Waals surface area contributed by atoms with Crippen molar-refractivity contribution < 1.29 is 19.0 Å². The number of anilines is 1. The van der Waals surface area contributed by atoms with Gasteiger partial charge >= 0.3 is 6.09 Å². The van der Waals surface area contributed by atoms with Crippen LogP contribution >= 0.6 is 0 Å². The number of non-ortho nitro benzene ring substituents is 1. The van der Waals surface area contributed by atoms with E-state index in [4.69, 9.17) is 9.26 Å². The van der Waals surface area contributed by atoms with Gasteiger partial charge in [0.1, 0.15) is 17.5 Å². The number of nitro groups is 1. The van der Waals surface area contributed by atoms with Gasteiger partial charge in [0.15, 0.2) is 5.76 Å². The number of benzene rings is 2. The molecule has 8 heteroatoms. The van der Waals surface area contributed by atoms with Crippen molar-refractivity contribution in [1.29, 1.82) is 0 Å². The molecule has 0 unspecified atom stereocenters. The van der Waals surface area contributed by atoms with Crippen molar-refractivity contribution in [2.75, 3.05) is 5.32 Å². The van der Waals surface area contributed by atoms with Crippen molar-refractivity contribution in [2.24, 2.45) is 0 Å². The number of hydrogen-bond acceptors (Lipinski definition) is 6. The van der Waals surface area contributed by atoms with Gasteiger partial charge in [0, 0.05) is 17.7 Å². The van der Waals surface area contributed by atoms with Gasteiger partial charge in [-0.15, -0.1) is 0 Å². The van der Waals surface area contributed by atoms with Crippen LogP contribution in [0, 0.1) is 17.0 Å². The standard InChI is InChI=1S/C19H17N3O5/c1-12-17(20-19(23)26-13(2)14-6-4-3-5-7-14)18(27-21-12)15-8-10-16(11-9-15)22(24)25/h3-11,13H,1-2H3,(H,20,23)/t13-/m1/s1. The quantitative estimate of drug-likeness (QED) is 0.509. The summed E-state index contributed by atoms with van der Waals surface area (Å²) in [5, 5.41) is 17.3. The second kappa shape index (κ2) is 7.69. The Morgan fingerprint density at radius 2 is 1.85 bits per heavy atom. The number of rotatable bonds is 5. The lowest BCUT2D eigenvalue weighted by atomic mass is 10.1. The Morgan fingerprint density at radius 3 is 2.48 bits per heavy atom. The van der Waals surface area contributed by atoms with Crippen molar-refractivity contribution in [3.8, 4) is 11.3 Å². The average molecular weight is 367 g/mol. The smallest absolute Gasteiger partial charge is 0.412 e. The number of nitrogens with zero attached hydrogens (tertiary/aromatic N) is 2. The van der Waals surface area contributed by atoms with Gasteiger partial charge in [0.25, 0.3) is 5.69 Å². The second-order valence-corrected chi connectivity index (χ2v) is 5.86. The van der Waals surface area contributed by atoms with Crippen LogP contribution < -0.4 is 5.32 Å². The van der Waals surface area contributed by atoms with Gasteiger partial charge in [-0.2, -0.15) is 0 Å². The van der Waals surface area contributed by atoms with Crippen LogP contribution in [0.4, 0.5) is 16.2 Å². The van der Waals surface area contributed by atoms with Crippen molar-refractivity contribution >= 4 is 17.5 Å². The van der Waals surface area contributed by atoms with Gasteiger partial charge in [-0.25, -0.2) is 4.79 Å². The van der Waals surface area contributed by atoms with E-state index in [1.165, 1.54) is 24.3 Å². The number of aryl methyl sites for hydroxylation is 1. The minimum atomic E-state index is -0.652. The summed E-state index contributed by atoms with van der Waals surface area (Å²) < 4.78 is 10.7. The first-order valence-corrected chi connectivity index (χ1v) is 8.19.